The van der Waals surface area contributed by atoms with Crippen molar-refractivity contribution in [1.82, 2.24) is 10.2 Å². The fourth-order valence-corrected chi connectivity index (χ4v) is 3.50. The highest BCUT2D eigenvalue weighted by Gasteiger charge is 2.11. The highest BCUT2D eigenvalue weighted by atomic mass is 32.2. The second-order valence-electron chi connectivity index (χ2n) is 7.95. The van der Waals surface area contributed by atoms with Crippen molar-refractivity contribution in [1.29, 1.82) is 0 Å². The van der Waals surface area contributed by atoms with Crippen molar-refractivity contribution in [2.75, 3.05) is 54.3 Å². The van der Waals surface area contributed by atoms with Crippen LogP contribution >= 0.6 is 0 Å². The maximum Gasteiger partial charge on any atom is 0.373 e. The van der Waals surface area contributed by atoms with Gasteiger partial charge in [0.15, 0.2) is 5.96 Å². The summed E-state index contributed by atoms with van der Waals surface area (Å²) >= 11 is 0. The number of aliphatic imine (C=N–C) groups is 1. The molecule has 0 saturated heterocycles. The molecule has 0 heterocycles. The van der Waals surface area contributed by atoms with Gasteiger partial charge < -0.3 is 28.6 Å². The molecule has 38 heavy (non-hydrogen) atoms. The van der Waals surface area contributed by atoms with Crippen LogP contribution < -0.4 is 14.2 Å². The Balaban J connectivity index is 0.000000781. The highest BCUT2D eigenvalue weighted by molar-refractivity contribution is 7.86. The minimum Gasteiger partial charge on any atom is -0.493 e. The van der Waals surface area contributed by atoms with Gasteiger partial charge in [-0.1, -0.05) is 24.3 Å². The molecule has 0 unspecified atom stereocenters. The van der Waals surface area contributed by atoms with Crippen LogP contribution in [-0.4, -0.2) is 79.5 Å². The molecule has 11 heteroatoms. The molecule has 0 aliphatic rings. The quantitative estimate of drug-likeness (QED) is 0.113. The van der Waals surface area contributed by atoms with Crippen molar-refractivity contribution in [3.63, 3.8) is 0 Å². The van der Waals surface area contributed by atoms with E-state index in [1.165, 1.54) is 0 Å². The van der Waals surface area contributed by atoms with E-state index < -0.39 is 16.1 Å². The zero-order chi connectivity index (χ0) is 28.6. The van der Waals surface area contributed by atoms with Crippen LogP contribution in [0.25, 0.3) is 6.08 Å². The summed E-state index contributed by atoms with van der Waals surface area (Å²) in [6.07, 6.45) is 3.29. The lowest BCUT2D eigenvalue weighted by Gasteiger charge is -2.12. The normalized spacial score (nSPS) is 11.6. The summed E-state index contributed by atoms with van der Waals surface area (Å²) in [6, 6.07) is 14.1. The van der Waals surface area contributed by atoms with Crippen LogP contribution in [0.5, 0.6) is 11.5 Å². The fourth-order valence-electron chi connectivity index (χ4n) is 3.04. The molecule has 0 atom stereocenters. The molecule has 0 bridgehead atoms. The Kier molecular flexibility index (Phi) is 14.4. The molecule has 1 N–H and O–H groups in total. The summed E-state index contributed by atoms with van der Waals surface area (Å²) in [7, 11) is 3.96. The summed E-state index contributed by atoms with van der Waals surface area (Å²) in [6.45, 7) is 4.65. The van der Waals surface area contributed by atoms with Gasteiger partial charge in [-0.25, -0.2) is 4.79 Å². The molecule has 2 rings (SSSR count). The molecule has 210 valence electrons. The van der Waals surface area contributed by atoms with E-state index in [0.717, 1.165) is 23.3 Å². The molecular formula is C27H39N3O7S. The van der Waals surface area contributed by atoms with Gasteiger partial charge >= 0.3 is 16.1 Å². The lowest BCUT2D eigenvalue weighted by atomic mass is 10.1. The first-order valence-corrected chi connectivity index (χ1v) is 13.9. The SMILES string of the molecule is CCOC(=O)C(=Cc1ccc(OCCc2ccc(OS(C)(=O)=O)cc2)cc1)OCC.CN=C(NC)N(C)C. The molecule has 0 aliphatic heterocycles. The third-order valence-electron chi connectivity index (χ3n) is 4.64. The van der Waals surface area contributed by atoms with E-state index in [9.17, 15) is 13.2 Å². The molecule has 0 aliphatic carbocycles. The molecule has 2 aromatic carbocycles. The van der Waals surface area contributed by atoms with Crippen LogP contribution in [0.4, 0.5) is 0 Å². The molecule has 0 amide bonds. The van der Waals surface area contributed by atoms with Gasteiger partial charge in [-0.3, -0.25) is 4.99 Å². The second kappa shape index (κ2) is 16.9. The summed E-state index contributed by atoms with van der Waals surface area (Å²) in [4.78, 5) is 17.7. The van der Waals surface area contributed by atoms with Crippen LogP contribution in [0.15, 0.2) is 59.3 Å². The van der Waals surface area contributed by atoms with Crippen LogP contribution in [-0.2, 0) is 30.8 Å². The van der Waals surface area contributed by atoms with Crippen LogP contribution in [0.3, 0.4) is 0 Å². The summed E-state index contributed by atoms with van der Waals surface area (Å²) in [5, 5.41) is 2.93. The van der Waals surface area contributed by atoms with Crippen LogP contribution in [0.1, 0.15) is 25.0 Å². The van der Waals surface area contributed by atoms with Crippen molar-refractivity contribution in [2.45, 2.75) is 20.3 Å². The Labute approximate surface area is 226 Å². The monoisotopic (exact) mass is 549 g/mol. The fraction of sp³-hybridized carbons (Fsp3) is 0.407. The molecule has 0 radical (unpaired) electrons. The van der Waals surface area contributed by atoms with E-state index in [0.29, 0.717) is 25.4 Å². The van der Waals surface area contributed by atoms with Crippen molar-refractivity contribution < 1.29 is 31.6 Å². The highest BCUT2D eigenvalue weighted by Crippen LogP contribution is 2.17. The van der Waals surface area contributed by atoms with Gasteiger partial charge in [0, 0.05) is 34.6 Å². The first-order chi connectivity index (χ1) is 18.0. The molecule has 0 aromatic heterocycles. The number of guanidine groups is 1. The van der Waals surface area contributed by atoms with Gasteiger partial charge in [-0.05, 0) is 55.3 Å². The Bertz CT molecular complexity index is 1140. The Hall–Kier alpha value is -3.73. The number of rotatable bonds is 11. The first kappa shape index (κ1) is 32.3. The number of nitrogens with zero attached hydrogens (tertiary/aromatic N) is 2. The maximum atomic E-state index is 11.9. The molecule has 10 nitrogen and oxygen atoms in total. The molecule has 0 saturated carbocycles. The third-order valence-corrected chi connectivity index (χ3v) is 5.14. The predicted octanol–water partition coefficient (Wildman–Crippen LogP) is 3.34. The maximum absolute atomic E-state index is 11.9. The molecule has 0 fully saturated rings. The molecular weight excluding hydrogens is 510 g/mol. The van der Waals surface area contributed by atoms with E-state index >= 15 is 0 Å². The smallest absolute Gasteiger partial charge is 0.373 e. The predicted molar refractivity (Wildman–Crippen MR) is 150 cm³/mol. The number of benzene rings is 2. The minimum atomic E-state index is -3.53. The Morgan fingerprint density at radius 1 is 0.974 bits per heavy atom. The molecule has 2 aromatic rings. The van der Waals surface area contributed by atoms with Gasteiger partial charge in [0.25, 0.3) is 0 Å². The van der Waals surface area contributed by atoms with Gasteiger partial charge in [-0.2, -0.15) is 8.42 Å². The number of nitrogens with one attached hydrogen (secondary N) is 1. The average molecular weight is 550 g/mol. The minimum absolute atomic E-state index is 0.163. The van der Waals surface area contributed by atoms with Gasteiger partial charge in [0.1, 0.15) is 11.5 Å². The Morgan fingerprint density at radius 3 is 2.00 bits per heavy atom. The summed E-state index contributed by atoms with van der Waals surface area (Å²) < 4.78 is 43.1. The number of ether oxygens (including phenoxy) is 3. The lowest BCUT2D eigenvalue weighted by molar-refractivity contribution is -0.142. The third kappa shape index (κ3) is 13.0. The standard InChI is InChI=1S/C22H26O7S.C5H13N3/c1-4-26-21(22(23)27-5-2)16-18-8-10-19(11-9-18)28-15-14-17-6-12-20(13-7-17)29-30(3,24)25;1-6-5(7-2)8(3)4/h6-13,16H,4-5,14-15H2,1-3H3;1-4H3,(H,6,7). The number of hydrogen-bond donors (Lipinski definition) is 1. The first-order valence-electron chi connectivity index (χ1n) is 12.1. The largest absolute Gasteiger partial charge is 0.493 e. The average Bonchev–Trinajstić information content (AvgIpc) is 2.86. The van der Waals surface area contributed by atoms with E-state index in [2.05, 4.69) is 10.3 Å². The summed E-state index contributed by atoms with van der Waals surface area (Å²) in [5.74, 6) is 1.53. The van der Waals surface area contributed by atoms with Crippen molar-refractivity contribution in [3.05, 3.63) is 65.4 Å². The van der Waals surface area contributed by atoms with Crippen LogP contribution in [0, 0.1) is 0 Å². The van der Waals surface area contributed by atoms with Crippen LogP contribution in [0.2, 0.25) is 0 Å². The number of hydrogen-bond acceptors (Lipinski definition) is 8. The van der Waals surface area contributed by atoms with Crippen molar-refractivity contribution in [2.24, 2.45) is 4.99 Å². The second-order valence-corrected chi connectivity index (χ2v) is 9.53. The zero-order valence-corrected chi connectivity index (χ0v) is 24.0. The summed E-state index contributed by atoms with van der Waals surface area (Å²) in [5.41, 5.74) is 1.78. The number of carbonyl (C=O) groups excluding carboxylic acids is 1. The molecule has 0 spiro atoms. The Morgan fingerprint density at radius 2 is 1.55 bits per heavy atom. The topological polar surface area (TPSA) is 116 Å². The van der Waals surface area contributed by atoms with Gasteiger partial charge in [-0.15, -0.1) is 0 Å². The van der Waals surface area contributed by atoms with E-state index in [1.807, 2.05) is 50.3 Å². The van der Waals surface area contributed by atoms with E-state index in [-0.39, 0.29) is 18.1 Å². The van der Waals surface area contributed by atoms with Gasteiger partial charge in [0.05, 0.1) is 26.1 Å². The van der Waals surface area contributed by atoms with Gasteiger partial charge in [0.2, 0.25) is 5.76 Å². The van der Waals surface area contributed by atoms with E-state index in [1.54, 1.807) is 51.2 Å². The van der Waals surface area contributed by atoms with E-state index in [4.69, 9.17) is 18.4 Å². The van der Waals surface area contributed by atoms with Crippen molar-refractivity contribution >= 4 is 28.1 Å². The lowest BCUT2D eigenvalue weighted by Crippen LogP contribution is -2.33. The number of esters is 1. The zero-order valence-electron chi connectivity index (χ0n) is 23.2. The number of carbonyl (C=O) groups is 1. The van der Waals surface area contributed by atoms with Crippen molar-refractivity contribution in [3.8, 4) is 11.5 Å².